The van der Waals surface area contributed by atoms with Crippen LogP contribution in [0.5, 0.6) is 115 Å². The minimum Gasteiger partial charge on any atom is -0.508 e. The lowest BCUT2D eigenvalue weighted by atomic mass is 9.93. The second-order valence-corrected chi connectivity index (χ2v) is 21.2. The molecule has 8 aromatic carbocycles. The number of phenols is 13. The highest BCUT2D eigenvalue weighted by Crippen LogP contribution is 2.48. The van der Waals surface area contributed by atoms with Gasteiger partial charge in [0.25, 0.3) is 0 Å². The van der Waals surface area contributed by atoms with Crippen molar-refractivity contribution in [1.29, 1.82) is 0 Å². The zero-order chi connectivity index (χ0) is 72.8. The normalized spacial score (nSPS) is 17.8. The number of fused-ring (bicyclic) bond motifs is 4. The molecule has 24 heteroatoms. The van der Waals surface area contributed by atoms with Crippen molar-refractivity contribution in [2.75, 3.05) is 42.7 Å². The number of rotatable bonds is 10. The van der Waals surface area contributed by atoms with E-state index in [1.165, 1.54) is 114 Å². The zero-order valence-electron chi connectivity index (χ0n) is 57.3. The lowest BCUT2D eigenvalue weighted by Crippen LogP contribution is -2.32. The second kappa shape index (κ2) is 42.0. The van der Waals surface area contributed by atoms with Gasteiger partial charge in [0.2, 0.25) is 0 Å². The van der Waals surface area contributed by atoms with Crippen molar-refractivity contribution in [3.05, 3.63) is 166 Å². The summed E-state index contributed by atoms with van der Waals surface area (Å²) in [6.07, 6.45) is -2.67. The SMILES string of the molecule is C.C.C.C.CC.CC.CC.CC.CO[C@@H]1Cc2c(O)cc(O)cc2O[C@@H]1c1ccc(O)c(O)c1.CO[C@@H]1Cc2c(O)cc(O)cc2O[C@@H]1c1ccc(O)c(O)c1.COc1cc(O)c2c(c1)O[C@H](c1ccc(OC)c(O)c1)[C@H](O)C2.COc1cc([C@H]2Oc3cc(O)cc(O)c3C[C@H]2OC)ccc1O. The molecule has 12 rings (SSSR count). The number of phenolic OH excluding ortho intramolecular Hbond substituents is 13. The molecule has 0 amide bonds. The summed E-state index contributed by atoms with van der Waals surface area (Å²) < 4.78 is 55.1. The molecule has 8 atom stereocenters. The van der Waals surface area contributed by atoms with Crippen molar-refractivity contribution >= 4 is 0 Å². The first-order valence-electron chi connectivity index (χ1n) is 31.8. The fourth-order valence-electron chi connectivity index (χ4n) is 10.9. The van der Waals surface area contributed by atoms with E-state index < -0.39 is 30.5 Å². The van der Waals surface area contributed by atoms with Gasteiger partial charge in [0, 0.05) is 118 Å². The number of hydrogen-bond donors (Lipinski definition) is 14. The molecule has 4 aliphatic heterocycles. The van der Waals surface area contributed by atoms with Crippen LogP contribution in [-0.2, 0) is 39.9 Å². The van der Waals surface area contributed by atoms with Gasteiger partial charge >= 0.3 is 0 Å². The lowest BCUT2D eigenvalue weighted by molar-refractivity contribution is -0.0122. The van der Waals surface area contributed by atoms with Crippen LogP contribution in [0.3, 0.4) is 0 Å². The summed E-state index contributed by atoms with van der Waals surface area (Å²) in [4.78, 5) is 0. The van der Waals surface area contributed by atoms with Gasteiger partial charge in [-0.15, -0.1) is 0 Å². The van der Waals surface area contributed by atoms with E-state index in [2.05, 4.69) is 0 Å². The molecule has 0 spiro atoms. The topological polar surface area (TPSA) is 376 Å². The molecule has 24 nitrogen and oxygen atoms in total. The van der Waals surface area contributed by atoms with E-state index >= 15 is 0 Å². The van der Waals surface area contributed by atoms with Crippen LogP contribution < -0.4 is 33.2 Å². The molecule has 14 N–H and O–H groups in total. The zero-order valence-corrected chi connectivity index (χ0v) is 57.3. The molecule has 0 bridgehead atoms. The van der Waals surface area contributed by atoms with Gasteiger partial charge in [-0.1, -0.05) is 109 Å². The Hall–Kier alpha value is -10.4. The van der Waals surface area contributed by atoms with Crippen LogP contribution in [0.15, 0.2) is 121 Å². The monoisotopic (exact) mass is 1430 g/mol. The molecule has 4 heterocycles. The molecular formula is C78H108O24. The molecule has 0 aromatic heterocycles. The Balaban J connectivity index is 0.000000649. The maximum absolute atomic E-state index is 10.4. The predicted molar refractivity (Wildman–Crippen MR) is 392 cm³/mol. The smallest absolute Gasteiger partial charge is 0.160 e. The van der Waals surface area contributed by atoms with Crippen LogP contribution in [0, 0.1) is 0 Å². The molecule has 564 valence electrons. The maximum atomic E-state index is 10.4. The Morgan fingerprint density at radius 1 is 0.284 bits per heavy atom. The highest BCUT2D eigenvalue weighted by molar-refractivity contribution is 5.56. The minimum atomic E-state index is -0.852. The number of methoxy groups -OCH3 is 6. The van der Waals surface area contributed by atoms with Crippen molar-refractivity contribution in [3.8, 4) is 115 Å². The van der Waals surface area contributed by atoms with E-state index in [-0.39, 0.29) is 129 Å². The van der Waals surface area contributed by atoms with E-state index in [9.17, 15) is 71.5 Å². The highest BCUT2D eigenvalue weighted by Gasteiger charge is 2.38. The van der Waals surface area contributed by atoms with Gasteiger partial charge in [-0.3, -0.25) is 0 Å². The average molecular weight is 1430 g/mol. The first-order chi connectivity index (χ1) is 47.0. The molecule has 0 radical (unpaired) electrons. The quantitative estimate of drug-likeness (QED) is 0.0566. The van der Waals surface area contributed by atoms with E-state index in [1.807, 2.05) is 55.4 Å². The number of benzene rings is 8. The molecule has 0 fully saturated rings. The number of ether oxygens (including phenoxy) is 10. The van der Waals surface area contributed by atoms with Crippen LogP contribution >= 0.6 is 0 Å². The van der Waals surface area contributed by atoms with Gasteiger partial charge < -0.3 is 119 Å². The summed E-state index contributed by atoms with van der Waals surface area (Å²) in [5.41, 5.74) is 4.87. The summed E-state index contributed by atoms with van der Waals surface area (Å²) in [5.74, 6) is 1.45. The first-order valence-corrected chi connectivity index (χ1v) is 31.8. The van der Waals surface area contributed by atoms with Crippen LogP contribution in [0.2, 0.25) is 0 Å². The number of aliphatic hydroxyl groups is 1. The van der Waals surface area contributed by atoms with Crippen molar-refractivity contribution in [3.63, 3.8) is 0 Å². The van der Waals surface area contributed by atoms with Gasteiger partial charge in [-0.05, 0) is 70.8 Å². The second-order valence-electron chi connectivity index (χ2n) is 21.2. The van der Waals surface area contributed by atoms with Crippen LogP contribution in [-0.4, -0.2) is 139 Å². The van der Waals surface area contributed by atoms with Crippen molar-refractivity contribution < 1.29 is 119 Å². The Morgan fingerprint density at radius 3 is 0.931 bits per heavy atom. The summed E-state index contributed by atoms with van der Waals surface area (Å²) in [7, 11) is 9.07. The molecule has 4 aliphatic rings. The summed E-state index contributed by atoms with van der Waals surface area (Å²) in [6.45, 7) is 16.0. The van der Waals surface area contributed by atoms with Gasteiger partial charge in [0.15, 0.2) is 64.3 Å². The number of aromatic hydroxyl groups is 13. The van der Waals surface area contributed by atoms with E-state index in [4.69, 9.17) is 47.4 Å². The molecule has 8 aromatic rings. The third-order valence-corrected chi connectivity index (χ3v) is 15.5. The van der Waals surface area contributed by atoms with Crippen molar-refractivity contribution in [1.82, 2.24) is 0 Å². The largest absolute Gasteiger partial charge is 0.508 e. The fourth-order valence-corrected chi connectivity index (χ4v) is 10.9. The Kier molecular flexibility index (Phi) is 36.9. The Labute approximate surface area is 599 Å². The molecule has 0 unspecified atom stereocenters. The van der Waals surface area contributed by atoms with E-state index in [1.54, 1.807) is 49.6 Å². The predicted octanol–water partition coefficient (Wildman–Crippen LogP) is 15.7. The summed E-state index contributed by atoms with van der Waals surface area (Å²) in [6, 6.07) is 29.8. The molecule has 0 saturated carbocycles. The number of aliphatic hydroxyl groups excluding tert-OH is 1. The van der Waals surface area contributed by atoms with Crippen molar-refractivity contribution in [2.45, 2.75) is 160 Å². The van der Waals surface area contributed by atoms with Crippen LogP contribution in [0.1, 0.15) is 154 Å². The van der Waals surface area contributed by atoms with Gasteiger partial charge in [0.05, 0.1) is 27.4 Å². The van der Waals surface area contributed by atoms with Gasteiger partial charge in [0.1, 0.15) is 93.4 Å². The summed E-state index contributed by atoms with van der Waals surface area (Å²) >= 11 is 0. The molecule has 0 aliphatic carbocycles. The number of hydrogen-bond acceptors (Lipinski definition) is 24. The van der Waals surface area contributed by atoms with Gasteiger partial charge in [-0.2, -0.15) is 0 Å². The lowest BCUT2D eigenvalue weighted by Gasteiger charge is -2.33. The molecule has 0 saturated heterocycles. The highest BCUT2D eigenvalue weighted by atomic mass is 16.6. The third-order valence-electron chi connectivity index (χ3n) is 15.5. The standard InChI is InChI=1S/2C17H18O6.2C16H16O6.4C2H6.4CH4/c1-21-10-6-12(18)11-8-14(20)17(23-16(11)7-10)9-3-4-15(22-2)13(19)5-9;1-21-15-5-9(3-4-12(15)19)17-16(22-2)8-11-13(20)6-10(18)7-14(11)23-17;2*1-21-15-7-10-12(19)5-9(17)6-14(10)22-16(15)8-2-3-11(18)13(20)4-8;4*1-2;;;;/h3-7,14,17-20H,8H2,1-2H3;3-7,16-20H,8H2,1-2H3;2*2-6,15-20H,7H2,1H3;4*1-2H3;4*1H4/t14-,17-;16-,17-;2*15-,16-;;;;;;;;/m1111......../s1. The molecular weight excluding hydrogens is 1320 g/mol. The minimum absolute atomic E-state index is 0. The van der Waals surface area contributed by atoms with E-state index in [0.29, 0.717) is 98.5 Å². The average Bonchev–Trinajstić information content (AvgIpc) is 0.800. The van der Waals surface area contributed by atoms with Crippen molar-refractivity contribution in [2.24, 2.45) is 0 Å². The van der Waals surface area contributed by atoms with Gasteiger partial charge in [-0.25, -0.2) is 0 Å². The first kappa shape index (κ1) is 89.6. The maximum Gasteiger partial charge on any atom is 0.160 e. The van der Waals surface area contributed by atoms with Crippen LogP contribution in [0.4, 0.5) is 0 Å². The van der Waals surface area contributed by atoms with E-state index in [0.717, 1.165) is 5.56 Å². The Morgan fingerprint density at radius 2 is 0.588 bits per heavy atom. The fraction of sp³-hybridized carbons (Fsp3) is 0.385. The third kappa shape index (κ3) is 21.3. The molecule has 102 heavy (non-hydrogen) atoms. The summed E-state index contributed by atoms with van der Waals surface area (Å²) in [5, 5.41) is 137. The Bertz CT molecular complexity index is 3750. The van der Waals surface area contributed by atoms with Crippen LogP contribution in [0.25, 0.3) is 0 Å².